The van der Waals surface area contributed by atoms with Gasteiger partial charge in [0.25, 0.3) is 0 Å². The van der Waals surface area contributed by atoms with Gasteiger partial charge in [-0.15, -0.1) is 0 Å². The van der Waals surface area contributed by atoms with Crippen molar-refractivity contribution in [3.8, 4) is 67.3 Å². The maximum atomic E-state index is 5.30. The average molecular weight is 713 g/mol. The van der Waals surface area contributed by atoms with Gasteiger partial charge in [0.05, 0.1) is 16.9 Å². The van der Waals surface area contributed by atoms with Crippen LogP contribution in [0.25, 0.3) is 111 Å². The number of aromatic nitrogens is 4. The Morgan fingerprint density at radius 1 is 0.339 bits per heavy atom. The molecule has 260 valence electrons. The Labute approximate surface area is 323 Å². The number of para-hydroxylation sites is 1. The Bertz CT molecular complexity index is 3250. The molecule has 4 heteroatoms. The number of pyridine rings is 2. The van der Waals surface area contributed by atoms with Crippen molar-refractivity contribution in [1.82, 2.24) is 19.9 Å². The molecule has 4 nitrogen and oxygen atoms in total. The van der Waals surface area contributed by atoms with Gasteiger partial charge in [-0.2, -0.15) is 0 Å². The molecule has 3 heterocycles. The summed E-state index contributed by atoms with van der Waals surface area (Å²) in [6.07, 6.45) is 5.57. The van der Waals surface area contributed by atoms with Crippen molar-refractivity contribution in [2.75, 3.05) is 0 Å². The van der Waals surface area contributed by atoms with E-state index < -0.39 is 0 Å². The summed E-state index contributed by atoms with van der Waals surface area (Å²) < 4.78 is 0. The van der Waals surface area contributed by atoms with Crippen LogP contribution in [0.1, 0.15) is 0 Å². The molecule has 0 N–H and O–H groups in total. The molecular formula is C52H32N4. The molecule has 3 aromatic heterocycles. The van der Waals surface area contributed by atoms with Crippen LogP contribution >= 0.6 is 0 Å². The van der Waals surface area contributed by atoms with Crippen LogP contribution in [0.3, 0.4) is 0 Å². The van der Waals surface area contributed by atoms with Crippen LogP contribution in [0.4, 0.5) is 0 Å². The average Bonchev–Trinajstić information content (AvgIpc) is 3.28. The summed E-state index contributed by atoms with van der Waals surface area (Å²) in [5.74, 6) is 0.655. The Kier molecular flexibility index (Phi) is 7.46. The number of hydrogen-bond donors (Lipinski definition) is 0. The molecule has 0 aliphatic rings. The molecule has 0 unspecified atom stereocenters. The highest BCUT2D eigenvalue weighted by Gasteiger charge is 2.18. The van der Waals surface area contributed by atoms with E-state index in [1.807, 2.05) is 48.9 Å². The first-order chi connectivity index (χ1) is 27.7. The molecule has 11 aromatic rings. The van der Waals surface area contributed by atoms with Crippen molar-refractivity contribution in [2.45, 2.75) is 0 Å². The summed E-state index contributed by atoms with van der Waals surface area (Å²) in [5.41, 5.74) is 12.4. The van der Waals surface area contributed by atoms with Gasteiger partial charge in [-0.05, 0) is 102 Å². The molecule has 0 radical (unpaired) electrons. The van der Waals surface area contributed by atoms with Gasteiger partial charge in [-0.1, -0.05) is 140 Å². The fraction of sp³-hybridized carbons (Fsp3) is 0. The van der Waals surface area contributed by atoms with Crippen LogP contribution in [-0.2, 0) is 0 Å². The van der Waals surface area contributed by atoms with Crippen molar-refractivity contribution in [2.24, 2.45) is 0 Å². The minimum atomic E-state index is 0.655. The SMILES string of the molecule is c1ccc(-c2ccc3ccc4c(-c5cccc(-c6nc(-c7cnc8ccccc8c7)cc(-c7ccccc7-c7ccncc7)n6)c5)ccc5ccc2c3c54)cc1. The maximum absolute atomic E-state index is 5.30. The van der Waals surface area contributed by atoms with Crippen LogP contribution in [-0.4, -0.2) is 19.9 Å². The third-order valence-electron chi connectivity index (χ3n) is 11.0. The van der Waals surface area contributed by atoms with E-state index in [-0.39, 0.29) is 0 Å². The van der Waals surface area contributed by atoms with Gasteiger partial charge in [0.2, 0.25) is 0 Å². The molecule has 8 aromatic carbocycles. The lowest BCUT2D eigenvalue weighted by Gasteiger charge is -2.17. The van der Waals surface area contributed by atoms with E-state index in [9.17, 15) is 0 Å². The van der Waals surface area contributed by atoms with Crippen LogP contribution in [0.5, 0.6) is 0 Å². The number of benzene rings is 8. The quantitative estimate of drug-likeness (QED) is 0.161. The van der Waals surface area contributed by atoms with E-state index in [1.165, 1.54) is 49.0 Å². The molecule has 0 bridgehead atoms. The molecule has 0 saturated carbocycles. The van der Waals surface area contributed by atoms with E-state index in [0.29, 0.717) is 5.82 Å². The Morgan fingerprint density at radius 2 is 0.946 bits per heavy atom. The molecule has 0 aliphatic carbocycles. The molecule has 11 rings (SSSR count). The fourth-order valence-electron chi connectivity index (χ4n) is 8.31. The second-order valence-electron chi connectivity index (χ2n) is 14.3. The third kappa shape index (κ3) is 5.39. The lowest BCUT2D eigenvalue weighted by Crippen LogP contribution is -1.98. The van der Waals surface area contributed by atoms with Gasteiger partial charge < -0.3 is 0 Å². The van der Waals surface area contributed by atoms with E-state index in [2.05, 4.69) is 151 Å². The van der Waals surface area contributed by atoms with Gasteiger partial charge in [0, 0.05) is 40.7 Å². The van der Waals surface area contributed by atoms with E-state index in [0.717, 1.165) is 55.7 Å². The van der Waals surface area contributed by atoms with E-state index in [1.54, 1.807) is 0 Å². The summed E-state index contributed by atoms with van der Waals surface area (Å²) in [4.78, 5) is 19.6. The van der Waals surface area contributed by atoms with Crippen molar-refractivity contribution in [1.29, 1.82) is 0 Å². The zero-order valence-corrected chi connectivity index (χ0v) is 30.3. The van der Waals surface area contributed by atoms with Gasteiger partial charge in [0.1, 0.15) is 0 Å². The van der Waals surface area contributed by atoms with Gasteiger partial charge in [-0.3, -0.25) is 9.97 Å². The van der Waals surface area contributed by atoms with E-state index >= 15 is 0 Å². The van der Waals surface area contributed by atoms with Crippen LogP contribution in [0, 0.1) is 0 Å². The summed E-state index contributed by atoms with van der Waals surface area (Å²) >= 11 is 0. The normalized spacial score (nSPS) is 11.6. The first-order valence-electron chi connectivity index (χ1n) is 18.9. The molecule has 0 amide bonds. The second-order valence-corrected chi connectivity index (χ2v) is 14.3. The van der Waals surface area contributed by atoms with Crippen molar-refractivity contribution < 1.29 is 0 Å². The monoisotopic (exact) mass is 712 g/mol. The summed E-state index contributed by atoms with van der Waals surface area (Å²) in [5, 5.41) is 8.64. The van der Waals surface area contributed by atoms with Gasteiger partial charge in [-0.25, -0.2) is 9.97 Å². The van der Waals surface area contributed by atoms with Crippen molar-refractivity contribution >= 4 is 43.2 Å². The first kappa shape index (κ1) is 31.9. The first-order valence-corrected chi connectivity index (χ1v) is 18.9. The fourth-order valence-corrected chi connectivity index (χ4v) is 8.31. The number of fused-ring (bicyclic) bond motifs is 1. The largest absolute Gasteiger partial charge is 0.265 e. The minimum Gasteiger partial charge on any atom is -0.265 e. The molecule has 0 atom stereocenters. The second kappa shape index (κ2) is 13.1. The highest BCUT2D eigenvalue weighted by molar-refractivity contribution is 6.27. The predicted molar refractivity (Wildman–Crippen MR) is 231 cm³/mol. The predicted octanol–water partition coefficient (Wildman–Crippen LogP) is 13.3. The number of nitrogens with zero attached hydrogens (tertiary/aromatic N) is 4. The highest BCUT2D eigenvalue weighted by Crippen LogP contribution is 2.43. The lowest BCUT2D eigenvalue weighted by molar-refractivity contribution is 1.18. The van der Waals surface area contributed by atoms with Crippen molar-refractivity contribution in [3.05, 3.63) is 195 Å². The molecule has 0 aliphatic heterocycles. The zero-order valence-electron chi connectivity index (χ0n) is 30.3. The van der Waals surface area contributed by atoms with E-state index in [4.69, 9.17) is 15.0 Å². The lowest BCUT2D eigenvalue weighted by atomic mass is 9.87. The Morgan fingerprint density at radius 3 is 1.73 bits per heavy atom. The zero-order chi connectivity index (χ0) is 37.0. The summed E-state index contributed by atoms with van der Waals surface area (Å²) in [6.45, 7) is 0. The van der Waals surface area contributed by atoms with Crippen molar-refractivity contribution in [3.63, 3.8) is 0 Å². The molecule has 56 heavy (non-hydrogen) atoms. The number of rotatable bonds is 6. The Hall–Kier alpha value is -7.56. The summed E-state index contributed by atoms with van der Waals surface area (Å²) in [7, 11) is 0. The van der Waals surface area contributed by atoms with Gasteiger partial charge in [0.15, 0.2) is 5.82 Å². The third-order valence-corrected chi connectivity index (χ3v) is 11.0. The topological polar surface area (TPSA) is 51.6 Å². The minimum absolute atomic E-state index is 0.655. The summed E-state index contributed by atoms with van der Waals surface area (Å²) in [6, 6.07) is 62.4. The van der Waals surface area contributed by atoms with Crippen LogP contribution in [0.2, 0.25) is 0 Å². The molecular weight excluding hydrogens is 681 g/mol. The molecule has 0 saturated heterocycles. The van der Waals surface area contributed by atoms with Crippen LogP contribution in [0.15, 0.2) is 195 Å². The number of hydrogen-bond acceptors (Lipinski definition) is 4. The molecule has 0 spiro atoms. The maximum Gasteiger partial charge on any atom is 0.160 e. The Balaban J connectivity index is 1.09. The standard InChI is InChI=1S/C52H32N4/c1-2-9-33(10-3-1)42-21-17-35-20-24-46-43(22-18-36-19-23-45(42)50(35)51(36)46)37-12-8-13-39(29-37)52-55-48(40-30-38-11-4-7-16-47(38)54-32-40)31-49(56-52)44-15-6-5-14-41(44)34-25-27-53-28-26-34/h1-32H. The van der Waals surface area contributed by atoms with Gasteiger partial charge >= 0.3 is 0 Å². The highest BCUT2D eigenvalue weighted by atomic mass is 14.9. The van der Waals surface area contributed by atoms with Crippen LogP contribution < -0.4 is 0 Å². The molecule has 0 fully saturated rings. The smallest absolute Gasteiger partial charge is 0.160 e.